The van der Waals surface area contributed by atoms with Crippen LogP contribution in [-0.4, -0.2) is 71.5 Å². The zero-order valence-corrected chi connectivity index (χ0v) is 20.2. The molecule has 0 aromatic heterocycles. The van der Waals surface area contributed by atoms with E-state index in [-0.39, 0.29) is 19.3 Å². The van der Waals surface area contributed by atoms with E-state index in [4.69, 9.17) is 33.4 Å². The Bertz CT molecular complexity index is 988. The molecule has 0 aromatic rings. The molecule has 39 heavy (non-hydrogen) atoms. The van der Waals surface area contributed by atoms with Crippen LogP contribution < -0.4 is 28.7 Å². The molecule has 1 fully saturated rings. The van der Waals surface area contributed by atoms with Gasteiger partial charge in [-0.15, -0.1) is 0 Å². The predicted octanol–water partition coefficient (Wildman–Crippen LogP) is -4.60. The Morgan fingerprint density at radius 1 is 0.872 bits per heavy atom. The Balaban J connectivity index is 2.73. The van der Waals surface area contributed by atoms with E-state index in [0.29, 0.717) is 0 Å². The largest absolute Gasteiger partial charge is 0.430 e. The van der Waals surface area contributed by atoms with Crippen LogP contribution in [0.1, 0.15) is 44.9 Å². The molecule has 0 aliphatic carbocycles. The predicted molar refractivity (Wildman–Crippen MR) is 115 cm³/mol. The molecule has 0 saturated carbocycles. The van der Waals surface area contributed by atoms with Gasteiger partial charge in [0.2, 0.25) is 5.91 Å². The van der Waals surface area contributed by atoms with Crippen molar-refractivity contribution in [2.24, 2.45) is 28.7 Å². The topological polar surface area (TPSA) is 331 Å². The van der Waals surface area contributed by atoms with Crippen LogP contribution in [-0.2, 0) is 72.4 Å². The molecule has 1 aliphatic heterocycles. The van der Waals surface area contributed by atoms with Crippen LogP contribution in [0.3, 0.4) is 0 Å². The molecule has 218 valence electrons. The van der Waals surface area contributed by atoms with E-state index in [1.807, 2.05) is 0 Å². The highest BCUT2D eigenvalue weighted by atomic mass is 17.2. The van der Waals surface area contributed by atoms with Gasteiger partial charge in [-0.2, -0.15) is 0 Å². The molecule has 2 unspecified atom stereocenters. The van der Waals surface area contributed by atoms with Crippen molar-refractivity contribution in [1.29, 1.82) is 0 Å². The normalized spacial score (nSPS) is 22.1. The van der Waals surface area contributed by atoms with Crippen LogP contribution in [0, 0.1) is 0 Å². The number of carbonyl (C=O) groups is 8. The monoisotopic (exact) mass is 565 g/mol. The lowest BCUT2D eigenvalue weighted by Gasteiger charge is -2.26. The van der Waals surface area contributed by atoms with Crippen molar-refractivity contribution in [2.75, 3.05) is 0 Å². The van der Waals surface area contributed by atoms with Gasteiger partial charge in [-0.3, -0.25) is 15.3 Å². The summed E-state index contributed by atoms with van der Waals surface area (Å²) in [6.45, 7) is 0. The van der Waals surface area contributed by atoms with Gasteiger partial charge in [0.25, 0.3) is 5.72 Å². The average Bonchev–Trinajstić information content (AvgIpc) is 2.88. The molecule has 20 heteroatoms. The minimum atomic E-state index is -3.02. The summed E-state index contributed by atoms with van der Waals surface area (Å²) in [5, 5.41) is 0. The van der Waals surface area contributed by atoms with Crippen molar-refractivity contribution in [2.45, 2.75) is 68.8 Å². The Kier molecular flexibility index (Phi) is 12.6. The van der Waals surface area contributed by atoms with Crippen molar-refractivity contribution in [1.82, 2.24) is 0 Å². The van der Waals surface area contributed by atoms with Gasteiger partial charge in [0.1, 0.15) is 24.5 Å². The van der Waals surface area contributed by atoms with E-state index < -0.39 is 97.2 Å². The van der Waals surface area contributed by atoms with Gasteiger partial charge in [-0.1, -0.05) is 0 Å². The summed E-state index contributed by atoms with van der Waals surface area (Å²) < 4.78 is 4.74. The van der Waals surface area contributed by atoms with Crippen LogP contribution >= 0.6 is 0 Å². The van der Waals surface area contributed by atoms with Crippen molar-refractivity contribution < 1.29 is 72.4 Å². The fraction of sp³-hybridized carbons (Fsp3) is 0.579. The highest BCUT2D eigenvalue weighted by Crippen LogP contribution is 2.17. The molecular formula is C19H27N5O15. The number of hydrogen-bond acceptors (Lipinski definition) is 19. The van der Waals surface area contributed by atoms with Gasteiger partial charge in [0, 0.05) is 6.42 Å². The fourth-order valence-corrected chi connectivity index (χ4v) is 2.38. The van der Waals surface area contributed by atoms with Crippen molar-refractivity contribution in [3.05, 3.63) is 0 Å². The molecule has 1 amide bonds. The van der Waals surface area contributed by atoms with Crippen LogP contribution in [0.5, 0.6) is 0 Å². The molecule has 0 radical (unpaired) electrons. The second-order valence-electron chi connectivity index (χ2n) is 7.93. The number of nitrogens with two attached hydrogens (primary N) is 5. The van der Waals surface area contributed by atoms with Crippen molar-refractivity contribution >= 4 is 47.7 Å². The number of amides is 1. The molecule has 1 rings (SSSR count). The van der Waals surface area contributed by atoms with Gasteiger partial charge < -0.3 is 27.7 Å². The smallest absolute Gasteiger partial charge is 0.414 e. The Labute approximate surface area is 218 Å². The van der Waals surface area contributed by atoms with E-state index in [2.05, 4.69) is 29.3 Å². The third-order valence-electron chi connectivity index (χ3n) is 4.61. The molecule has 0 bridgehead atoms. The summed E-state index contributed by atoms with van der Waals surface area (Å²) in [5.74, 6) is -10.3. The zero-order valence-electron chi connectivity index (χ0n) is 20.2. The van der Waals surface area contributed by atoms with Crippen molar-refractivity contribution in [3.63, 3.8) is 0 Å². The summed E-state index contributed by atoms with van der Waals surface area (Å²) >= 11 is 0. The van der Waals surface area contributed by atoms with E-state index in [1.54, 1.807) is 0 Å². The highest BCUT2D eigenvalue weighted by Gasteiger charge is 2.46. The Hall–Kier alpha value is -4.40. The third-order valence-corrected chi connectivity index (χ3v) is 4.61. The number of rotatable bonds is 9. The molecule has 0 aromatic carbocycles. The summed E-state index contributed by atoms with van der Waals surface area (Å²) in [5.41, 5.74) is 24.0. The van der Waals surface area contributed by atoms with Gasteiger partial charge >= 0.3 is 41.8 Å². The second-order valence-corrected chi connectivity index (χ2v) is 7.93. The van der Waals surface area contributed by atoms with Crippen LogP contribution in [0.4, 0.5) is 0 Å². The maximum absolute atomic E-state index is 12.4. The van der Waals surface area contributed by atoms with Gasteiger partial charge in [0.15, 0.2) is 0 Å². The van der Waals surface area contributed by atoms with Gasteiger partial charge in [0.05, 0.1) is 12.8 Å². The lowest BCUT2D eigenvalue weighted by molar-refractivity contribution is -0.276. The maximum atomic E-state index is 12.4. The highest BCUT2D eigenvalue weighted by molar-refractivity contribution is 5.89. The molecule has 1 heterocycles. The SMILES string of the molecule is NC(=O)CCC(N)C(=O)OOC(=O)CC[C@@H](N)C(=O)OC1(N)CC(=O)OOC(=O)CC[C@@H](N)C(=O)OOC1=O. The number of primary amides is 1. The van der Waals surface area contributed by atoms with Crippen LogP contribution in [0.2, 0.25) is 0 Å². The number of esters is 1. The van der Waals surface area contributed by atoms with Crippen molar-refractivity contribution in [3.8, 4) is 0 Å². The van der Waals surface area contributed by atoms with E-state index in [0.717, 1.165) is 0 Å². The van der Waals surface area contributed by atoms with Gasteiger partial charge in [-0.25, -0.2) is 58.1 Å². The standard InChI is InChI=1S/C19H27N5O15/c20-8(2-5-13(27)35-37-16(30)9(21)1-4-11(23)25)15(29)33-19(24)7-14(28)36-34-12(26)6-3-10(22)17(31)38-39-18(19)32/h8-10H,1-7,20-22,24H2,(H2,23,25)/t8-,9?,10-,19?/m1/s1. The number of ether oxygens (including phenoxy) is 1. The first-order valence-electron chi connectivity index (χ1n) is 11.0. The lowest BCUT2D eigenvalue weighted by atomic mass is 10.1. The van der Waals surface area contributed by atoms with Crippen LogP contribution in [0.15, 0.2) is 0 Å². The number of hydrogen-bond donors (Lipinski definition) is 5. The average molecular weight is 565 g/mol. The summed E-state index contributed by atoms with van der Waals surface area (Å²) in [6.07, 6.45) is -3.71. The third kappa shape index (κ3) is 11.7. The molecule has 0 spiro atoms. The summed E-state index contributed by atoms with van der Waals surface area (Å²) in [6, 6.07) is -4.47. The molecule has 1 saturated heterocycles. The fourth-order valence-electron chi connectivity index (χ4n) is 2.38. The second kappa shape index (κ2) is 15.1. The minimum Gasteiger partial charge on any atom is -0.430 e. The maximum Gasteiger partial charge on any atom is 0.414 e. The molecular weight excluding hydrogens is 538 g/mol. The molecule has 20 nitrogen and oxygen atoms in total. The molecule has 1 aliphatic rings. The molecule has 4 atom stereocenters. The van der Waals surface area contributed by atoms with E-state index in [9.17, 15) is 38.4 Å². The lowest BCUT2D eigenvalue weighted by Crippen LogP contribution is -2.56. The first-order chi connectivity index (χ1) is 18.1. The summed E-state index contributed by atoms with van der Waals surface area (Å²) in [4.78, 5) is 119. The Morgan fingerprint density at radius 2 is 1.46 bits per heavy atom. The Morgan fingerprint density at radius 3 is 2.10 bits per heavy atom. The van der Waals surface area contributed by atoms with Gasteiger partial charge in [-0.05, 0) is 19.3 Å². The zero-order chi connectivity index (χ0) is 29.8. The van der Waals surface area contributed by atoms with E-state index in [1.165, 1.54) is 0 Å². The summed E-state index contributed by atoms with van der Waals surface area (Å²) in [7, 11) is 0. The molecule has 10 N–H and O–H groups in total. The van der Waals surface area contributed by atoms with Crippen LogP contribution in [0.25, 0.3) is 0 Å². The van der Waals surface area contributed by atoms with E-state index >= 15 is 0 Å². The quantitative estimate of drug-likeness (QED) is 0.0759. The number of carbonyl (C=O) groups excluding carboxylic acids is 8. The first-order valence-corrected chi connectivity index (χ1v) is 11.0. The minimum absolute atomic E-state index is 0.173. The first kappa shape index (κ1) is 32.6.